The van der Waals surface area contributed by atoms with Crippen LogP contribution in [0.25, 0.3) is 15.0 Å². The fourth-order valence-corrected chi connectivity index (χ4v) is 2.86. The van der Waals surface area contributed by atoms with E-state index in [1.165, 1.54) is 20.6 Å². The number of fused-ring (bicyclic) bond motifs is 3. The maximum Gasteiger partial charge on any atom is 0.268 e. The topological polar surface area (TPSA) is 4.10 Å². The first-order valence-electron chi connectivity index (χ1n) is 4.64. The lowest BCUT2D eigenvalue weighted by atomic mass is 10.3. The molecule has 0 aliphatic rings. The molecular formula is C12H10NS+. The molecule has 0 saturated carbocycles. The summed E-state index contributed by atoms with van der Waals surface area (Å²) >= 11 is 1.84. The Morgan fingerprint density at radius 3 is 2.93 bits per heavy atom. The lowest BCUT2D eigenvalue weighted by Crippen LogP contribution is -2.17. The first-order valence-corrected chi connectivity index (χ1v) is 5.46. The number of pyridine rings is 1. The Labute approximate surface area is 86.2 Å². The Morgan fingerprint density at radius 1 is 1.14 bits per heavy atom. The Bertz CT molecular complexity index is 610. The summed E-state index contributed by atoms with van der Waals surface area (Å²) in [6, 6.07) is 12.9. The van der Waals surface area contributed by atoms with Gasteiger partial charge in [-0.2, -0.15) is 4.40 Å². The summed E-state index contributed by atoms with van der Waals surface area (Å²) in [6.07, 6.45) is 2.14. The molecule has 0 saturated heterocycles. The van der Waals surface area contributed by atoms with E-state index in [9.17, 15) is 0 Å². The van der Waals surface area contributed by atoms with Crippen LogP contribution in [-0.4, -0.2) is 0 Å². The van der Waals surface area contributed by atoms with E-state index in [4.69, 9.17) is 0 Å². The molecule has 0 aliphatic carbocycles. The Balaban J connectivity index is 2.57. The molecule has 0 aliphatic heterocycles. The summed E-state index contributed by atoms with van der Waals surface area (Å²) in [7, 11) is 0. The van der Waals surface area contributed by atoms with E-state index in [1.54, 1.807) is 0 Å². The van der Waals surface area contributed by atoms with Gasteiger partial charge < -0.3 is 0 Å². The van der Waals surface area contributed by atoms with Gasteiger partial charge in [0.05, 0.1) is 0 Å². The van der Waals surface area contributed by atoms with Gasteiger partial charge in [0.15, 0.2) is 6.20 Å². The van der Waals surface area contributed by atoms with Gasteiger partial charge in [-0.3, -0.25) is 0 Å². The predicted molar refractivity (Wildman–Crippen MR) is 59.7 cm³/mol. The van der Waals surface area contributed by atoms with E-state index in [0.717, 1.165) is 0 Å². The number of hydrogen-bond donors (Lipinski definition) is 0. The van der Waals surface area contributed by atoms with Crippen LogP contribution in [0.3, 0.4) is 0 Å². The lowest BCUT2D eigenvalue weighted by Gasteiger charge is -1.86. The number of rotatable bonds is 0. The van der Waals surface area contributed by atoms with E-state index in [-0.39, 0.29) is 0 Å². The van der Waals surface area contributed by atoms with Crippen molar-refractivity contribution >= 4 is 26.4 Å². The minimum absolute atomic E-state index is 1.30. The second-order valence-electron chi connectivity index (χ2n) is 3.48. The average molecular weight is 200 g/mol. The zero-order chi connectivity index (χ0) is 9.54. The van der Waals surface area contributed by atoms with Crippen LogP contribution in [0.15, 0.2) is 42.6 Å². The molecule has 2 heteroatoms. The highest BCUT2D eigenvalue weighted by atomic mass is 32.1. The van der Waals surface area contributed by atoms with Gasteiger partial charge >= 0.3 is 0 Å². The van der Waals surface area contributed by atoms with Crippen molar-refractivity contribution < 1.29 is 4.40 Å². The number of aryl methyl sites for hydroxylation is 1. The van der Waals surface area contributed by atoms with Crippen LogP contribution in [-0.2, 0) is 0 Å². The number of aromatic nitrogens is 1. The molecule has 1 nitrogen and oxygen atoms in total. The molecule has 0 unspecified atom stereocenters. The Morgan fingerprint density at radius 2 is 2.00 bits per heavy atom. The minimum Gasteiger partial charge on any atom is -0.150 e. The highest BCUT2D eigenvalue weighted by Crippen LogP contribution is 2.20. The molecule has 2 aromatic heterocycles. The molecule has 0 bridgehead atoms. The minimum atomic E-state index is 1.30. The lowest BCUT2D eigenvalue weighted by molar-refractivity contribution is -0.477. The van der Waals surface area contributed by atoms with Crippen molar-refractivity contribution in [2.45, 2.75) is 6.92 Å². The fraction of sp³-hybridized carbons (Fsp3) is 0.0833. The second kappa shape index (κ2) is 2.79. The molecular weight excluding hydrogens is 190 g/mol. The highest BCUT2D eigenvalue weighted by molar-refractivity contribution is 7.23. The van der Waals surface area contributed by atoms with E-state index < -0.39 is 0 Å². The van der Waals surface area contributed by atoms with Crippen LogP contribution in [0.5, 0.6) is 0 Å². The molecule has 0 atom stereocenters. The third-order valence-corrected chi connectivity index (χ3v) is 3.50. The van der Waals surface area contributed by atoms with Crippen LogP contribution in [0, 0.1) is 6.92 Å². The standard InChI is InChI=1S/C12H10NS/c1-9-6-7-13-10-4-2-3-5-11(10)14-12(13)8-9/h2-8H,1H3/q+1. The second-order valence-corrected chi connectivity index (χ2v) is 4.54. The zero-order valence-electron chi connectivity index (χ0n) is 7.90. The summed E-state index contributed by atoms with van der Waals surface area (Å²) in [4.78, 5) is 1.31. The third kappa shape index (κ3) is 1.04. The van der Waals surface area contributed by atoms with Gasteiger partial charge in [0.1, 0.15) is 4.70 Å². The molecule has 68 valence electrons. The summed E-state index contributed by atoms with van der Waals surface area (Å²) < 4.78 is 3.59. The van der Waals surface area contributed by atoms with Crippen molar-refractivity contribution in [1.82, 2.24) is 0 Å². The van der Waals surface area contributed by atoms with Crippen molar-refractivity contribution in [3.05, 3.63) is 48.2 Å². The van der Waals surface area contributed by atoms with E-state index in [1.807, 2.05) is 11.3 Å². The quantitative estimate of drug-likeness (QED) is 0.491. The number of benzene rings is 1. The van der Waals surface area contributed by atoms with E-state index >= 15 is 0 Å². The summed E-state index contributed by atoms with van der Waals surface area (Å²) in [5, 5.41) is 0. The van der Waals surface area contributed by atoms with Crippen molar-refractivity contribution in [3.8, 4) is 0 Å². The molecule has 0 spiro atoms. The third-order valence-electron chi connectivity index (χ3n) is 2.41. The fourth-order valence-electron chi connectivity index (χ4n) is 1.71. The first kappa shape index (κ1) is 7.94. The summed E-state index contributed by atoms with van der Waals surface area (Å²) in [6.45, 7) is 2.13. The molecule has 1 aromatic carbocycles. The van der Waals surface area contributed by atoms with E-state index in [0.29, 0.717) is 0 Å². The van der Waals surface area contributed by atoms with Gasteiger partial charge in [-0.05, 0) is 18.6 Å². The van der Waals surface area contributed by atoms with Crippen LogP contribution < -0.4 is 4.40 Å². The maximum atomic E-state index is 2.24. The van der Waals surface area contributed by atoms with Crippen LogP contribution >= 0.6 is 11.3 Å². The van der Waals surface area contributed by atoms with Crippen LogP contribution in [0.4, 0.5) is 0 Å². The van der Waals surface area contributed by atoms with Gasteiger partial charge in [0.25, 0.3) is 4.83 Å². The molecule has 14 heavy (non-hydrogen) atoms. The number of nitrogens with zero attached hydrogens (tertiary/aromatic N) is 1. The number of hydrogen-bond acceptors (Lipinski definition) is 1. The normalized spacial score (nSPS) is 11.2. The zero-order valence-corrected chi connectivity index (χ0v) is 8.71. The number of thiazole rings is 1. The molecule has 3 aromatic rings. The molecule has 0 radical (unpaired) electrons. The van der Waals surface area contributed by atoms with Gasteiger partial charge in [-0.1, -0.05) is 23.5 Å². The highest BCUT2D eigenvalue weighted by Gasteiger charge is 2.11. The van der Waals surface area contributed by atoms with E-state index in [2.05, 4.69) is 53.9 Å². The van der Waals surface area contributed by atoms with Crippen molar-refractivity contribution in [2.24, 2.45) is 0 Å². The predicted octanol–water partition coefficient (Wildman–Crippen LogP) is 2.95. The van der Waals surface area contributed by atoms with Gasteiger partial charge in [-0.15, -0.1) is 0 Å². The SMILES string of the molecule is Cc1cc[n+]2c(c1)sc1ccccc12. The van der Waals surface area contributed by atoms with Crippen molar-refractivity contribution in [2.75, 3.05) is 0 Å². The molecule has 0 fully saturated rings. The van der Waals surface area contributed by atoms with Gasteiger partial charge in [0, 0.05) is 18.2 Å². The molecule has 0 amide bonds. The Kier molecular flexibility index (Phi) is 1.58. The summed E-state index contributed by atoms with van der Waals surface area (Å²) in [5.41, 5.74) is 2.61. The van der Waals surface area contributed by atoms with Crippen LogP contribution in [0.1, 0.15) is 5.56 Å². The number of para-hydroxylation sites is 1. The Hall–Kier alpha value is -1.41. The van der Waals surface area contributed by atoms with Crippen LogP contribution in [0.2, 0.25) is 0 Å². The largest absolute Gasteiger partial charge is 0.268 e. The first-order chi connectivity index (χ1) is 6.84. The van der Waals surface area contributed by atoms with Gasteiger partial charge in [0.2, 0.25) is 5.52 Å². The summed E-state index contributed by atoms with van der Waals surface area (Å²) in [5.74, 6) is 0. The molecule has 3 rings (SSSR count). The van der Waals surface area contributed by atoms with Crippen molar-refractivity contribution in [3.63, 3.8) is 0 Å². The van der Waals surface area contributed by atoms with Gasteiger partial charge in [-0.25, -0.2) is 0 Å². The maximum absolute atomic E-state index is 2.24. The average Bonchev–Trinajstić information content (AvgIpc) is 2.54. The van der Waals surface area contributed by atoms with Crippen molar-refractivity contribution in [1.29, 1.82) is 0 Å². The molecule has 2 heterocycles. The monoisotopic (exact) mass is 200 g/mol. The smallest absolute Gasteiger partial charge is 0.150 e. The molecule has 0 N–H and O–H groups in total.